The van der Waals surface area contributed by atoms with Crippen LogP contribution in [-0.2, 0) is 40.9 Å². The van der Waals surface area contributed by atoms with Crippen LogP contribution in [0.25, 0.3) is 17.0 Å². The van der Waals surface area contributed by atoms with Crippen LogP contribution in [0.4, 0.5) is 4.79 Å². The third kappa shape index (κ3) is 7.14. The fourth-order valence-corrected chi connectivity index (χ4v) is 8.04. The first kappa shape index (κ1) is 35.2. The van der Waals surface area contributed by atoms with Crippen molar-refractivity contribution in [3.63, 3.8) is 0 Å². The summed E-state index contributed by atoms with van der Waals surface area (Å²) in [5, 5.41) is 5.34. The molecule has 268 valence electrons. The van der Waals surface area contributed by atoms with Crippen molar-refractivity contribution in [3.05, 3.63) is 54.3 Å². The molecule has 14 nitrogen and oxygen atoms in total. The summed E-state index contributed by atoms with van der Waals surface area (Å²) < 4.78 is 40.3. The molecule has 4 amide bonds. The minimum absolute atomic E-state index is 0.100. The van der Waals surface area contributed by atoms with Crippen LogP contribution in [0, 0.1) is 11.3 Å². The molecule has 4 aliphatic rings. The normalized spacial score (nSPS) is 27.9. The molecule has 50 heavy (non-hydrogen) atoms. The average Bonchev–Trinajstić information content (AvgIpc) is 3.97. The number of carbonyl (C=O) groups excluding carboxylic acids is 5. The standard InChI is InChI=1S/C35H43N5O9S/c1-5-22-17-35(22,32(44)38-50(46,47)24-12-13-24)37-30(42)27-15-23-19-40(27)29(41)18-36-33(45)48-20-34(2,3)14-7-6-9-21-10-8-11-26-25(21)16-28(39(26)4)31(43)49-23/h5-6,8-11,16,22-24,27H,1,7,12-15,17-20H2,2-4H3,(H,36,45)(H,37,42)(H,38,44)/b9-6-/t22-,23-,27+,35-/m1/s1. The van der Waals surface area contributed by atoms with E-state index in [1.54, 1.807) is 17.7 Å². The number of ether oxygens (including phenoxy) is 2. The van der Waals surface area contributed by atoms with Crippen molar-refractivity contribution >= 4 is 56.8 Å². The Balaban J connectivity index is 1.27. The number of hydrogen-bond acceptors (Lipinski definition) is 9. The number of rotatable bonds is 6. The van der Waals surface area contributed by atoms with Crippen LogP contribution in [0.5, 0.6) is 0 Å². The van der Waals surface area contributed by atoms with E-state index < -0.39 is 75.2 Å². The van der Waals surface area contributed by atoms with Gasteiger partial charge in [0.15, 0.2) is 0 Å². The number of amides is 4. The van der Waals surface area contributed by atoms with Gasteiger partial charge in [-0.2, -0.15) is 0 Å². The molecule has 3 N–H and O–H groups in total. The first-order valence-corrected chi connectivity index (χ1v) is 18.4. The number of nitrogens with zero attached hydrogens (tertiary/aromatic N) is 2. The van der Waals surface area contributed by atoms with Crippen LogP contribution in [0.3, 0.4) is 0 Å². The van der Waals surface area contributed by atoms with E-state index in [0.29, 0.717) is 25.7 Å². The van der Waals surface area contributed by atoms with Crippen molar-refractivity contribution in [2.75, 3.05) is 19.7 Å². The first-order chi connectivity index (χ1) is 23.6. The van der Waals surface area contributed by atoms with Crippen molar-refractivity contribution in [2.45, 2.75) is 75.3 Å². The SMILES string of the molecule is C=C[C@@H]1C[C@]1(NC(=O)[C@@H]1C[C@@H]2CN1C(=O)CNC(=O)OCC(C)(C)CC/C=C\c1cccc3c1cc(n3C)C(=O)O2)C(=O)NS(=O)(=O)C1CC1. The van der Waals surface area contributed by atoms with E-state index in [1.807, 2.05) is 44.2 Å². The molecule has 6 rings (SSSR count). The number of esters is 1. The predicted octanol–water partition coefficient (Wildman–Crippen LogP) is 2.53. The van der Waals surface area contributed by atoms with E-state index in [2.05, 4.69) is 21.9 Å². The number of allylic oxidation sites excluding steroid dienone is 1. The van der Waals surface area contributed by atoms with Crippen molar-refractivity contribution in [1.82, 2.24) is 24.8 Å². The number of alkyl carbamates (subject to hydrolysis) is 1. The Hall–Kier alpha value is -4.66. The van der Waals surface area contributed by atoms with Crippen molar-refractivity contribution in [3.8, 4) is 0 Å². The zero-order chi connectivity index (χ0) is 36.0. The molecular formula is C35H43N5O9S. The van der Waals surface area contributed by atoms with Gasteiger partial charge < -0.3 is 29.6 Å². The highest BCUT2D eigenvalue weighted by molar-refractivity contribution is 7.91. The van der Waals surface area contributed by atoms with E-state index >= 15 is 0 Å². The fraction of sp³-hybridized carbons (Fsp3) is 0.514. The van der Waals surface area contributed by atoms with E-state index in [9.17, 15) is 32.4 Å². The van der Waals surface area contributed by atoms with Crippen LogP contribution in [0.2, 0.25) is 0 Å². The maximum absolute atomic E-state index is 13.9. The van der Waals surface area contributed by atoms with E-state index in [-0.39, 0.29) is 37.1 Å². The Morgan fingerprint density at radius 1 is 1.16 bits per heavy atom. The lowest BCUT2D eigenvalue weighted by molar-refractivity contribution is -0.139. The van der Waals surface area contributed by atoms with Gasteiger partial charge in [0.1, 0.15) is 29.9 Å². The van der Waals surface area contributed by atoms with Gasteiger partial charge in [-0.3, -0.25) is 19.1 Å². The van der Waals surface area contributed by atoms with Gasteiger partial charge in [0, 0.05) is 30.3 Å². The zero-order valence-electron chi connectivity index (χ0n) is 28.4. The topological polar surface area (TPSA) is 182 Å². The highest BCUT2D eigenvalue weighted by atomic mass is 32.2. The van der Waals surface area contributed by atoms with Gasteiger partial charge in [-0.25, -0.2) is 18.0 Å². The minimum atomic E-state index is -3.90. The highest BCUT2D eigenvalue weighted by Crippen LogP contribution is 2.45. The number of aryl methyl sites for hydroxylation is 1. The summed E-state index contributed by atoms with van der Waals surface area (Å²) in [5.74, 6) is -3.43. The second kappa shape index (κ2) is 13.2. The lowest BCUT2D eigenvalue weighted by atomic mass is 9.88. The van der Waals surface area contributed by atoms with Crippen LogP contribution < -0.4 is 15.4 Å². The Labute approximate surface area is 290 Å². The molecule has 2 saturated carbocycles. The molecule has 1 saturated heterocycles. The molecular weight excluding hydrogens is 666 g/mol. The van der Waals surface area contributed by atoms with Crippen LogP contribution in [-0.4, -0.2) is 90.3 Å². The van der Waals surface area contributed by atoms with E-state index in [4.69, 9.17) is 9.47 Å². The van der Waals surface area contributed by atoms with Crippen molar-refractivity contribution in [2.24, 2.45) is 18.4 Å². The van der Waals surface area contributed by atoms with Gasteiger partial charge in [0.2, 0.25) is 21.8 Å². The Morgan fingerprint density at radius 2 is 1.92 bits per heavy atom. The number of aromatic nitrogens is 1. The molecule has 2 aliphatic heterocycles. The molecule has 0 spiro atoms. The highest BCUT2D eigenvalue weighted by Gasteiger charge is 2.62. The molecule has 0 radical (unpaired) electrons. The summed E-state index contributed by atoms with van der Waals surface area (Å²) in [6.45, 7) is 7.11. The maximum atomic E-state index is 13.9. The number of sulfonamides is 1. The van der Waals surface area contributed by atoms with Gasteiger partial charge in [0.05, 0.1) is 18.4 Å². The van der Waals surface area contributed by atoms with Gasteiger partial charge in [-0.15, -0.1) is 6.58 Å². The Morgan fingerprint density at radius 3 is 2.62 bits per heavy atom. The molecule has 0 unspecified atom stereocenters. The number of hydrogen-bond donors (Lipinski definition) is 3. The molecule has 2 aliphatic carbocycles. The largest absolute Gasteiger partial charge is 0.456 e. The molecule has 15 heteroatoms. The van der Waals surface area contributed by atoms with Crippen molar-refractivity contribution < 1.29 is 41.9 Å². The Bertz CT molecular complexity index is 1900. The van der Waals surface area contributed by atoms with Gasteiger partial charge in [-0.05, 0) is 55.2 Å². The summed E-state index contributed by atoms with van der Waals surface area (Å²) >= 11 is 0. The summed E-state index contributed by atoms with van der Waals surface area (Å²) in [5.41, 5.74) is 0.0798. The molecule has 2 aromatic rings. The van der Waals surface area contributed by atoms with E-state index in [0.717, 1.165) is 16.5 Å². The lowest BCUT2D eigenvalue weighted by Crippen LogP contribution is -2.57. The van der Waals surface area contributed by atoms with Crippen molar-refractivity contribution in [1.29, 1.82) is 0 Å². The number of cyclic esters (lactones) is 1. The lowest BCUT2D eigenvalue weighted by Gasteiger charge is -2.27. The monoisotopic (exact) mass is 709 g/mol. The Kier molecular flexibility index (Phi) is 9.31. The molecule has 4 atom stereocenters. The van der Waals surface area contributed by atoms with Gasteiger partial charge in [0.25, 0.3) is 5.91 Å². The number of carbonyl (C=O) groups is 5. The van der Waals surface area contributed by atoms with Gasteiger partial charge >= 0.3 is 12.1 Å². The average molecular weight is 710 g/mol. The molecule has 4 bridgehead atoms. The molecule has 1 aromatic carbocycles. The summed E-state index contributed by atoms with van der Waals surface area (Å²) in [4.78, 5) is 68.1. The van der Waals surface area contributed by atoms with Crippen LogP contribution in [0.15, 0.2) is 43.0 Å². The van der Waals surface area contributed by atoms with Crippen LogP contribution >= 0.6 is 0 Å². The van der Waals surface area contributed by atoms with Gasteiger partial charge in [-0.1, -0.05) is 44.2 Å². The second-order valence-corrected chi connectivity index (χ2v) is 16.4. The maximum Gasteiger partial charge on any atom is 0.407 e. The zero-order valence-corrected chi connectivity index (χ0v) is 29.2. The number of fused-ring (bicyclic) bond motifs is 3. The smallest absolute Gasteiger partial charge is 0.407 e. The van der Waals surface area contributed by atoms with Crippen LogP contribution in [0.1, 0.15) is 68.4 Å². The fourth-order valence-electron chi connectivity index (χ4n) is 6.68. The molecule has 3 heterocycles. The summed E-state index contributed by atoms with van der Waals surface area (Å²) in [6.07, 6.45) is 6.12. The molecule has 3 fully saturated rings. The third-order valence-electron chi connectivity index (χ3n) is 10.0. The minimum Gasteiger partial charge on any atom is -0.456 e. The van der Waals surface area contributed by atoms with E-state index in [1.165, 1.54) is 11.0 Å². The summed E-state index contributed by atoms with van der Waals surface area (Å²) in [6, 6.07) is 6.30. The number of nitrogens with one attached hydrogen (secondary N) is 3. The predicted molar refractivity (Wildman–Crippen MR) is 183 cm³/mol. The second-order valence-electron chi connectivity index (χ2n) is 14.4. The quantitative estimate of drug-likeness (QED) is 0.300. The third-order valence-corrected chi connectivity index (χ3v) is 11.8. The summed E-state index contributed by atoms with van der Waals surface area (Å²) in [7, 11) is -2.14. The number of benzene rings is 1. The molecule has 1 aromatic heterocycles. The first-order valence-electron chi connectivity index (χ1n) is 16.8.